The topological polar surface area (TPSA) is 77.1 Å². The monoisotopic (exact) mass is 364 g/mol. The minimum atomic E-state index is -0.273. The van der Waals surface area contributed by atoms with Gasteiger partial charge in [0.05, 0.1) is 26.6 Å². The number of carbonyl (C=O) groups is 2. The van der Waals surface area contributed by atoms with Crippen molar-refractivity contribution in [3.8, 4) is 11.5 Å². The van der Waals surface area contributed by atoms with Crippen LogP contribution in [0.3, 0.4) is 0 Å². The van der Waals surface area contributed by atoms with Crippen LogP contribution in [0.5, 0.6) is 11.5 Å². The number of amides is 1. The van der Waals surface area contributed by atoms with E-state index in [1.54, 1.807) is 0 Å². The van der Waals surface area contributed by atoms with Crippen molar-refractivity contribution in [2.24, 2.45) is 5.92 Å². The minimum Gasteiger partial charge on any atom is -0.486 e. The summed E-state index contributed by atoms with van der Waals surface area (Å²) in [6.45, 7) is 6.39. The van der Waals surface area contributed by atoms with Gasteiger partial charge in [-0.2, -0.15) is 0 Å². The van der Waals surface area contributed by atoms with Gasteiger partial charge < -0.3 is 19.5 Å². The van der Waals surface area contributed by atoms with Gasteiger partial charge in [0.25, 0.3) is 0 Å². The standard InChI is InChI=1S/C19H28N2O5/c1-14(2)11-21(9-8-19(23)24-3)12-18(22)20-10-15-13-25-16-6-4-5-7-17(16)26-15/h4-7,14-15H,8-13H2,1-3H3,(H,20,22). The Labute approximate surface area is 154 Å². The average molecular weight is 364 g/mol. The summed E-state index contributed by atoms with van der Waals surface area (Å²) in [5.41, 5.74) is 0. The summed E-state index contributed by atoms with van der Waals surface area (Å²) in [7, 11) is 1.37. The fourth-order valence-corrected chi connectivity index (χ4v) is 2.75. The number of benzene rings is 1. The molecule has 0 saturated heterocycles. The first kappa shape index (κ1) is 20.0. The number of esters is 1. The first-order valence-corrected chi connectivity index (χ1v) is 8.92. The van der Waals surface area contributed by atoms with Crippen molar-refractivity contribution in [3.05, 3.63) is 24.3 Å². The molecule has 7 nitrogen and oxygen atoms in total. The quantitative estimate of drug-likeness (QED) is 0.669. The van der Waals surface area contributed by atoms with Crippen molar-refractivity contribution in [1.82, 2.24) is 10.2 Å². The van der Waals surface area contributed by atoms with E-state index in [9.17, 15) is 9.59 Å². The van der Waals surface area contributed by atoms with Crippen molar-refractivity contribution in [1.29, 1.82) is 0 Å². The molecule has 1 atom stereocenters. The summed E-state index contributed by atoms with van der Waals surface area (Å²) >= 11 is 0. The third kappa shape index (κ3) is 6.55. The summed E-state index contributed by atoms with van der Waals surface area (Å²) < 4.78 is 16.1. The smallest absolute Gasteiger partial charge is 0.306 e. The molecule has 0 saturated carbocycles. The number of methoxy groups -OCH3 is 1. The molecule has 0 aliphatic carbocycles. The highest BCUT2D eigenvalue weighted by molar-refractivity contribution is 5.78. The van der Waals surface area contributed by atoms with Gasteiger partial charge in [0.1, 0.15) is 12.7 Å². The van der Waals surface area contributed by atoms with Crippen molar-refractivity contribution in [2.75, 3.05) is 39.9 Å². The van der Waals surface area contributed by atoms with E-state index in [1.807, 2.05) is 29.2 Å². The molecule has 26 heavy (non-hydrogen) atoms. The largest absolute Gasteiger partial charge is 0.486 e. The molecule has 1 aliphatic heterocycles. The van der Waals surface area contributed by atoms with Crippen LogP contribution in [0.15, 0.2) is 24.3 Å². The van der Waals surface area contributed by atoms with Crippen molar-refractivity contribution < 1.29 is 23.8 Å². The van der Waals surface area contributed by atoms with Crippen LogP contribution in [0.2, 0.25) is 0 Å². The molecule has 1 N–H and O–H groups in total. The lowest BCUT2D eigenvalue weighted by atomic mass is 10.2. The molecule has 0 aromatic heterocycles. The van der Waals surface area contributed by atoms with Crippen LogP contribution >= 0.6 is 0 Å². The van der Waals surface area contributed by atoms with Crippen LogP contribution < -0.4 is 14.8 Å². The molecule has 0 bridgehead atoms. The highest BCUT2D eigenvalue weighted by Crippen LogP contribution is 2.30. The normalized spacial score (nSPS) is 15.8. The van der Waals surface area contributed by atoms with Gasteiger partial charge in [0, 0.05) is 13.1 Å². The molecule has 1 heterocycles. The Morgan fingerprint density at radius 3 is 2.73 bits per heavy atom. The predicted octanol–water partition coefficient (Wildman–Crippen LogP) is 1.46. The van der Waals surface area contributed by atoms with Crippen LogP contribution in [0.25, 0.3) is 0 Å². The molecule has 0 radical (unpaired) electrons. The highest BCUT2D eigenvalue weighted by atomic mass is 16.6. The average Bonchev–Trinajstić information content (AvgIpc) is 2.63. The number of rotatable bonds is 9. The number of ether oxygens (including phenoxy) is 3. The van der Waals surface area contributed by atoms with Crippen LogP contribution in [0.1, 0.15) is 20.3 Å². The number of nitrogens with one attached hydrogen (secondary N) is 1. The number of fused-ring (bicyclic) bond motifs is 1. The van der Waals surface area contributed by atoms with Gasteiger partial charge in [-0.3, -0.25) is 14.5 Å². The first-order valence-electron chi connectivity index (χ1n) is 8.92. The molecule has 0 fully saturated rings. The van der Waals surface area contributed by atoms with Gasteiger partial charge in [-0.25, -0.2) is 0 Å². The Balaban J connectivity index is 1.77. The summed E-state index contributed by atoms with van der Waals surface area (Å²) in [5, 5.41) is 2.89. The molecule has 1 aromatic carbocycles. The van der Waals surface area contributed by atoms with E-state index in [0.29, 0.717) is 31.4 Å². The SMILES string of the molecule is COC(=O)CCN(CC(=O)NCC1COc2ccccc2O1)CC(C)C. The Morgan fingerprint density at radius 2 is 2.04 bits per heavy atom. The minimum absolute atomic E-state index is 0.0991. The lowest BCUT2D eigenvalue weighted by molar-refractivity contribution is -0.141. The molecule has 1 aromatic rings. The van der Waals surface area contributed by atoms with Gasteiger partial charge in [0.15, 0.2) is 11.5 Å². The third-order valence-corrected chi connectivity index (χ3v) is 3.94. The summed E-state index contributed by atoms with van der Waals surface area (Å²) in [6.07, 6.45) is 0.0508. The Bertz CT molecular complexity index is 605. The van der Waals surface area contributed by atoms with Crippen LogP contribution in [0.4, 0.5) is 0 Å². The van der Waals surface area contributed by atoms with Gasteiger partial charge >= 0.3 is 5.97 Å². The van der Waals surface area contributed by atoms with Crippen LogP contribution in [-0.4, -0.2) is 62.8 Å². The van der Waals surface area contributed by atoms with Crippen molar-refractivity contribution in [3.63, 3.8) is 0 Å². The second kappa shape index (κ2) is 10.0. The molecule has 2 rings (SSSR count). The molecular weight excluding hydrogens is 336 g/mol. The maximum atomic E-state index is 12.3. The first-order chi connectivity index (χ1) is 12.5. The molecule has 1 aliphatic rings. The third-order valence-electron chi connectivity index (χ3n) is 3.94. The fourth-order valence-electron chi connectivity index (χ4n) is 2.75. The second-order valence-corrected chi connectivity index (χ2v) is 6.76. The fraction of sp³-hybridized carbons (Fsp3) is 0.579. The highest BCUT2D eigenvalue weighted by Gasteiger charge is 2.21. The zero-order valence-corrected chi connectivity index (χ0v) is 15.7. The maximum absolute atomic E-state index is 12.3. The van der Waals surface area contributed by atoms with Gasteiger partial charge in [-0.1, -0.05) is 26.0 Å². The zero-order valence-electron chi connectivity index (χ0n) is 15.7. The molecule has 7 heteroatoms. The van der Waals surface area contributed by atoms with Crippen LogP contribution in [0, 0.1) is 5.92 Å². The Kier molecular flexibility index (Phi) is 7.72. The number of carbonyl (C=O) groups excluding carboxylic acids is 2. The summed E-state index contributed by atoms with van der Waals surface area (Å²) in [4.78, 5) is 25.6. The van der Waals surface area contributed by atoms with Gasteiger partial charge in [-0.15, -0.1) is 0 Å². The molecule has 1 amide bonds. The predicted molar refractivity (Wildman–Crippen MR) is 97.3 cm³/mol. The number of hydrogen-bond donors (Lipinski definition) is 1. The van der Waals surface area contributed by atoms with E-state index < -0.39 is 0 Å². The maximum Gasteiger partial charge on any atom is 0.306 e. The van der Waals surface area contributed by atoms with E-state index >= 15 is 0 Å². The Morgan fingerprint density at radius 1 is 1.31 bits per heavy atom. The van der Waals surface area contributed by atoms with E-state index in [2.05, 4.69) is 23.9 Å². The summed E-state index contributed by atoms with van der Waals surface area (Å²) in [5.74, 6) is 1.44. The van der Waals surface area contributed by atoms with E-state index in [4.69, 9.17) is 9.47 Å². The molecule has 144 valence electrons. The number of hydrogen-bond acceptors (Lipinski definition) is 6. The van der Waals surface area contributed by atoms with E-state index in [0.717, 1.165) is 12.3 Å². The Hall–Kier alpha value is -2.28. The van der Waals surface area contributed by atoms with Crippen molar-refractivity contribution >= 4 is 11.9 Å². The molecular formula is C19H28N2O5. The van der Waals surface area contributed by atoms with E-state index in [-0.39, 0.29) is 30.9 Å². The zero-order chi connectivity index (χ0) is 18.9. The number of nitrogens with zero attached hydrogens (tertiary/aromatic N) is 1. The van der Waals surface area contributed by atoms with Gasteiger partial charge in [-0.05, 0) is 18.1 Å². The summed E-state index contributed by atoms with van der Waals surface area (Å²) in [6, 6.07) is 7.48. The lowest BCUT2D eigenvalue weighted by Crippen LogP contribution is -2.45. The second-order valence-electron chi connectivity index (χ2n) is 6.76. The van der Waals surface area contributed by atoms with Gasteiger partial charge in [0.2, 0.25) is 5.91 Å². The van der Waals surface area contributed by atoms with Crippen molar-refractivity contribution in [2.45, 2.75) is 26.4 Å². The number of para-hydroxylation sites is 2. The van der Waals surface area contributed by atoms with E-state index in [1.165, 1.54) is 7.11 Å². The molecule has 1 unspecified atom stereocenters. The molecule has 0 spiro atoms. The lowest BCUT2D eigenvalue weighted by Gasteiger charge is -2.27. The van der Waals surface area contributed by atoms with Crippen LogP contribution in [-0.2, 0) is 14.3 Å².